The molecule has 0 unspecified atom stereocenters. The number of aryl methyl sites for hydroxylation is 1. The first kappa shape index (κ1) is 16.9. The predicted molar refractivity (Wildman–Crippen MR) is 111 cm³/mol. The Bertz CT molecular complexity index is 804. The quantitative estimate of drug-likeness (QED) is 0.816. The number of ether oxygens (including phenoxy) is 1. The van der Waals surface area contributed by atoms with Crippen LogP contribution in [-0.2, 0) is 0 Å². The molecule has 4 heteroatoms. The molecule has 27 heavy (non-hydrogen) atoms. The van der Waals surface area contributed by atoms with E-state index in [1.807, 2.05) is 0 Å². The van der Waals surface area contributed by atoms with Gasteiger partial charge in [0.2, 0.25) is 0 Å². The van der Waals surface area contributed by atoms with Crippen molar-refractivity contribution in [3.63, 3.8) is 0 Å². The Morgan fingerprint density at radius 2 is 2.00 bits per heavy atom. The topological polar surface area (TPSA) is 27.7 Å². The van der Waals surface area contributed by atoms with Crippen molar-refractivity contribution in [2.45, 2.75) is 31.7 Å². The van der Waals surface area contributed by atoms with Crippen LogP contribution in [-0.4, -0.2) is 50.3 Å². The van der Waals surface area contributed by atoms with Gasteiger partial charge in [-0.25, -0.2) is 0 Å². The summed E-state index contributed by atoms with van der Waals surface area (Å²) in [6.45, 7) is 8.64. The minimum atomic E-state index is 0.659. The number of hydrogen-bond acceptors (Lipinski definition) is 4. The van der Waals surface area contributed by atoms with Crippen molar-refractivity contribution in [1.82, 2.24) is 4.90 Å². The largest absolute Gasteiger partial charge is 0.494 e. The second kappa shape index (κ2) is 7.08. The molecule has 2 aromatic rings. The SMILES string of the molecule is Cc1ccc(OCCCN2CC[C@H]3[C@@H](C2)c2cccc4c2N3CCN4)cc1. The Morgan fingerprint density at radius 3 is 2.89 bits per heavy atom. The smallest absolute Gasteiger partial charge is 0.119 e. The second-order valence-electron chi connectivity index (χ2n) is 8.14. The van der Waals surface area contributed by atoms with E-state index in [-0.39, 0.29) is 0 Å². The molecule has 2 aromatic carbocycles. The molecule has 5 rings (SSSR count). The summed E-state index contributed by atoms with van der Waals surface area (Å²) in [5.74, 6) is 1.64. The molecule has 0 aromatic heterocycles. The van der Waals surface area contributed by atoms with Gasteiger partial charge >= 0.3 is 0 Å². The maximum atomic E-state index is 5.91. The molecule has 3 heterocycles. The minimum absolute atomic E-state index is 0.659. The van der Waals surface area contributed by atoms with Crippen molar-refractivity contribution in [2.24, 2.45) is 0 Å². The fourth-order valence-electron chi connectivity index (χ4n) is 5.08. The van der Waals surface area contributed by atoms with Gasteiger partial charge in [-0.1, -0.05) is 29.8 Å². The van der Waals surface area contributed by atoms with E-state index in [1.165, 1.54) is 36.4 Å². The number of likely N-dealkylation sites (tertiary alicyclic amines) is 1. The van der Waals surface area contributed by atoms with Gasteiger partial charge in [0.25, 0.3) is 0 Å². The number of rotatable bonds is 5. The van der Waals surface area contributed by atoms with Crippen LogP contribution in [0.5, 0.6) is 5.75 Å². The predicted octanol–water partition coefficient (Wildman–Crippen LogP) is 3.87. The Balaban J connectivity index is 1.18. The van der Waals surface area contributed by atoms with Gasteiger partial charge in [-0.05, 0) is 43.5 Å². The van der Waals surface area contributed by atoms with Crippen LogP contribution < -0.4 is 15.0 Å². The zero-order valence-electron chi connectivity index (χ0n) is 16.2. The third-order valence-electron chi connectivity index (χ3n) is 6.39. The minimum Gasteiger partial charge on any atom is -0.494 e. The molecule has 0 amide bonds. The summed E-state index contributed by atoms with van der Waals surface area (Å²) < 4.78 is 5.91. The lowest BCUT2D eigenvalue weighted by Crippen LogP contribution is -2.48. The summed E-state index contributed by atoms with van der Waals surface area (Å²) >= 11 is 0. The first-order valence-corrected chi connectivity index (χ1v) is 10.3. The molecule has 0 radical (unpaired) electrons. The van der Waals surface area contributed by atoms with Crippen LogP contribution in [0.3, 0.4) is 0 Å². The molecule has 2 atom stereocenters. The molecule has 0 aliphatic carbocycles. The summed E-state index contributed by atoms with van der Waals surface area (Å²) in [7, 11) is 0. The van der Waals surface area contributed by atoms with Crippen molar-refractivity contribution < 1.29 is 4.74 Å². The lowest BCUT2D eigenvalue weighted by Gasteiger charge is -2.40. The van der Waals surface area contributed by atoms with Crippen LogP contribution in [0.2, 0.25) is 0 Å². The molecule has 0 spiro atoms. The molecular weight excluding hydrogens is 334 g/mol. The van der Waals surface area contributed by atoms with E-state index >= 15 is 0 Å². The maximum Gasteiger partial charge on any atom is 0.119 e. The molecule has 3 aliphatic rings. The maximum absolute atomic E-state index is 5.91. The summed E-state index contributed by atoms with van der Waals surface area (Å²) in [6, 6.07) is 15.9. The zero-order chi connectivity index (χ0) is 18.2. The fourth-order valence-corrected chi connectivity index (χ4v) is 5.08. The highest BCUT2D eigenvalue weighted by Gasteiger charge is 2.43. The molecular formula is C23H29N3O. The summed E-state index contributed by atoms with van der Waals surface area (Å²) in [5, 5.41) is 3.58. The summed E-state index contributed by atoms with van der Waals surface area (Å²) in [5.41, 5.74) is 5.67. The Kier molecular flexibility index (Phi) is 4.44. The van der Waals surface area contributed by atoms with Gasteiger partial charge in [-0.15, -0.1) is 0 Å². The normalized spacial score (nSPS) is 23.5. The van der Waals surface area contributed by atoms with Gasteiger partial charge in [0.15, 0.2) is 0 Å². The molecule has 0 bridgehead atoms. The zero-order valence-corrected chi connectivity index (χ0v) is 16.2. The van der Waals surface area contributed by atoms with Crippen molar-refractivity contribution >= 4 is 11.4 Å². The highest BCUT2D eigenvalue weighted by molar-refractivity contribution is 5.80. The van der Waals surface area contributed by atoms with E-state index in [0.717, 1.165) is 38.4 Å². The molecule has 0 saturated carbocycles. The van der Waals surface area contributed by atoms with Gasteiger partial charge in [-0.3, -0.25) is 0 Å². The van der Waals surface area contributed by atoms with E-state index in [0.29, 0.717) is 12.0 Å². The monoisotopic (exact) mass is 363 g/mol. The van der Waals surface area contributed by atoms with Gasteiger partial charge < -0.3 is 19.9 Å². The molecule has 1 saturated heterocycles. The first-order chi connectivity index (χ1) is 13.3. The first-order valence-electron chi connectivity index (χ1n) is 10.3. The van der Waals surface area contributed by atoms with Crippen LogP contribution >= 0.6 is 0 Å². The Morgan fingerprint density at radius 1 is 1.11 bits per heavy atom. The Hall–Kier alpha value is -2.20. The van der Waals surface area contributed by atoms with Gasteiger partial charge in [0.05, 0.1) is 18.0 Å². The van der Waals surface area contributed by atoms with Gasteiger partial charge in [0.1, 0.15) is 5.75 Å². The fraction of sp³-hybridized carbons (Fsp3) is 0.478. The summed E-state index contributed by atoms with van der Waals surface area (Å²) in [6.07, 6.45) is 2.36. The van der Waals surface area contributed by atoms with Crippen LogP contribution in [0.1, 0.15) is 29.9 Å². The molecule has 1 fully saturated rings. The van der Waals surface area contributed by atoms with Crippen LogP contribution in [0.15, 0.2) is 42.5 Å². The van der Waals surface area contributed by atoms with E-state index in [1.54, 1.807) is 5.56 Å². The van der Waals surface area contributed by atoms with Crippen molar-refractivity contribution in [2.75, 3.05) is 49.5 Å². The number of anilines is 2. The number of para-hydroxylation sites is 1. The Labute approximate surface area is 162 Å². The molecule has 4 nitrogen and oxygen atoms in total. The number of nitrogens with zero attached hydrogens (tertiary/aromatic N) is 2. The molecule has 1 N–H and O–H groups in total. The number of benzene rings is 2. The van der Waals surface area contributed by atoms with E-state index in [2.05, 4.69) is 64.5 Å². The number of fused-ring (bicyclic) bond motifs is 3. The van der Waals surface area contributed by atoms with Crippen LogP contribution in [0, 0.1) is 6.92 Å². The van der Waals surface area contributed by atoms with Crippen molar-refractivity contribution in [3.8, 4) is 5.75 Å². The highest BCUT2D eigenvalue weighted by atomic mass is 16.5. The standard InChI is InChI=1S/C23H29N3O/c1-17-6-8-18(9-7-17)27-15-3-12-25-13-10-22-20(16-25)19-4-2-5-21-23(19)26(22)14-11-24-21/h2,4-9,20,22,24H,3,10-16H2,1H3/t20-,22-/m0/s1. The van der Waals surface area contributed by atoms with Crippen molar-refractivity contribution in [1.29, 1.82) is 0 Å². The van der Waals surface area contributed by atoms with Crippen LogP contribution in [0.4, 0.5) is 11.4 Å². The van der Waals surface area contributed by atoms with Crippen LogP contribution in [0.25, 0.3) is 0 Å². The highest BCUT2D eigenvalue weighted by Crippen LogP contribution is 2.49. The average Bonchev–Trinajstić information content (AvgIpc) is 3.02. The van der Waals surface area contributed by atoms with E-state index < -0.39 is 0 Å². The summed E-state index contributed by atoms with van der Waals surface area (Å²) in [4.78, 5) is 5.33. The lowest BCUT2D eigenvalue weighted by molar-refractivity contribution is 0.178. The van der Waals surface area contributed by atoms with Gasteiger partial charge in [0, 0.05) is 44.7 Å². The molecule has 142 valence electrons. The number of nitrogens with one attached hydrogen (secondary N) is 1. The third-order valence-corrected chi connectivity index (χ3v) is 6.39. The molecule has 3 aliphatic heterocycles. The van der Waals surface area contributed by atoms with E-state index in [9.17, 15) is 0 Å². The van der Waals surface area contributed by atoms with E-state index in [4.69, 9.17) is 4.74 Å². The third kappa shape index (κ3) is 3.16. The second-order valence-corrected chi connectivity index (χ2v) is 8.14. The van der Waals surface area contributed by atoms with Gasteiger partial charge in [-0.2, -0.15) is 0 Å². The average molecular weight is 364 g/mol. The number of hydrogen-bond donors (Lipinski definition) is 1. The number of piperidine rings is 1. The lowest BCUT2D eigenvalue weighted by atomic mass is 9.89. The van der Waals surface area contributed by atoms with Crippen molar-refractivity contribution in [3.05, 3.63) is 53.6 Å².